The second-order valence-electron chi connectivity index (χ2n) is 1.34. The molecule has 0 aliphatic rings. The normalized spacial score (nSPS) is 6.62. The van der Waals surface area contributed by atoms with Crippen molar-refractivity contribution in [2.24, 2.45) is 4.00 Å². The molecule has 13 heavy (non-hydrogen) atoms. The van der Waals surface area contributed by atoms with E-state index in [9.17, 15) is 0 Å². The molecule has 0 saturated carbocycles. The van der Waals surface area contributed by atoms with E-state index in [-0.39, 0.29) is 6.61 Å². The van der Waals surface area contributed by atoms with Crippen molar-refractivity contribution in [2.75, 3.05) is 13.2 Å². The third-order valence-electron chi connectivity index (χ3n) is 0.175. The standard InChI is InChI=1S/C2H5NO.2C2H3O2.Co/c3-1-2-4;2*1-2(3)4;/h4H,1-2H2;2*1H2,(H,3,4);/q;2*-1;. The molecular formula is C6H11CoNO5-2. The molecule has 0 aromatic rings. The van der Waals surface area contributed by atoms with Gasteiger partial charge in [0.2, 0.25) is 0 Å². The van der Waals surface area contributed by atoms with Gasteiger partial charge in [0.15, 0.2) is 11.9 Å². The van der Waals surface area contributed by atoms with Crippen molar-refractivity contribution in [3.63, 3.8) is 0 Å². The van der Waals surface area contributed by atoms with Crippen molar-refractivity contribution >= 4 is 11.9 Å². The fraction of sp³-hybridized carbons (Fsp3) is 0.333. The zero-order valence-corrected chi connectivity index (χ0v) is 7.81. The van der Waals surface area contributed by atoms with Gasteiger partial charge in [0.1, 0.15) is 0 Å². The Balaban J connectivity index is -0.000000117. The predicted octanol–water partition coefficient (Wildman–Crippen LogP) is -0.481. The van der Waals surface area contributed by atoms with Gasteiger partial charge in [-0.2, -0.15) is 0 Å². The largest absolute Gasteiger partial charge is 0.503 e. The predicted molar refractivity (Wildman–Crippen MR) is 40.4 cm³/mol. The number of hydrogen-bond donors (Lipinski definition) is 3. The molecule has 0 atom stereocenters. The second kappa shape index (κ2) is 17.1. The van der Waals surface area contributed by atoms with Crippen LogP contribution in [0.3, 0.4) is 0 Å². The summed E-state index contributed by atoms with van der Waals surface area (Å²) in [6.45, 7) is 5.64. The van der Waals surface area contributed by atoms with Crippen LogP contribution in [0.4, 0.5) is 0 Å². The minimum Gasteiger partial charge on any atom is -0.503 e. The van der Waals surface area contributed by atoms with Crippen LogP contribution in [0.25, 0.3) is 0 Å². The van der Waals surface area contributed by atoms with Gasteiger partial charge in [-0.15, -0.1) is 0 Å². The van der Waals surface area contributed by atoms with Gasteiger partial charge in [-0.3, -0.25) is 23.4 Å². The average Bonchev–Trinajstić information content (AvgIpc) is 1.86. The van der Waals surface area contributed by atoms with Crippen LogP contribution >= 0.6 is 0 Å². The van der Waals surface area contributed by atoms with E-state index in [1.54, 1.807) is 0 Å². The van der Waals surface area contributed by atoms with Crippen molar-refractivity contribution in [3.05, 3.63) is 13.8 Å². The Morgan fingerprint density at radius 3 is 1.46 bits per heavy atom. The van der Waals surface area contributed by atoms with E-state index in [1.807, 2.05) is 0 Å². The zero-order valence-electron chi connectivity index (χ0n) is 6.77. The Morgan fingerprint density at radius 2 is 1.46 bits per heavy atom. The molecule has 6 nitrogen and oxygen atoms in total. The summed E-state index contributed by atoms with van der Waals surface area (Å²) in [5, 5.41) is 22.5. The maximum Gasteiger partial charge on any atom is 0.161 e. The van der Waals surface area contributed by atoms with Crippen molar-refractivity contribution < 1.29 is 40.5 Å². The fourth-order valence-electron chi connectivity index (χ4n) is 0.0333. The summed E-state index contributed by atoms with van der Waals surface area (Å²) in [5.74, 6) is -2.17. The average molecular weight is 236 g/mol. The Morgan fingerprint density at radius 1 is 1.23 bits per heavy atom. The number of aliphatic hydroxyl groups excluding tert-OH is 1. The molecule has 81 valence electrons. The van der Waals surface area contributed by atoms with E-state index in [0.717, 1.165) is 0 Å². The van der Waals surface area contributed by atoms with Gasteiger partial charge in [0.25, 0.3) is 0 Å². The zero-order chi connectivity index (χ0) is 11.3. The number of hydrogen-bond acceptors (Lipinski definition) is 4. The summed E-state index contributed by atoms with van der Waals surface area (Å²) in [5.41, 5.74) is 0. The van der Waals surface area contributed by atoms with Gasteiger partial charge < -0.3 is 10.2 Å². The van der Waals surface area contributed by atoms with Gasteiger partial charge in [-0.1, -0.05) is 0 Å². The Kier molecular flexibility index (Phi) is 23.6. The van der Waals surface area contributed by atoms with Gasteiger partial charge >= 0.3 is 37.8 Å². The van der Waals surface area contributed by atoms with Gasteiger partial charge in [0, 0.05) is 0 Å². The Bertz CT molecular complexity index is 130. The van der Waals surface area contributed by atoms with E-state index < -0.39 is 11.9 Å². The molecule has 0 fully saturated rings. The molecule has 0 bridgehead atoms. The molecule has 7 heteroatoms. The number of aliphatic hydroxyl groups is 1. The molecule has 0 aromatic carbocycles. The molecule has 0 aliphatic heterocycles. The fourth-order valence-corrected chi connectivity index (χ4v) is 0.137. The number of aliphatic carboxylic acids is 2. The summed E-state index contributed by atoms with van der Waals surface area (Å²) in [7, 11) is 0. The Hall–Kier alpha value is -1.05. The maximum atomic E-state index is 8.89. The van der Waals surface area contributed by atoms with Crippen LogP contribution in [0.15, 0.2) is 4.00 Å². The van der Waals surface area contributed by atoms with E-state index >= 15 is 0 Å². The van der Waals surface area contributed by atoms with E-state index in [4.69, 9.17) is 24.9 Å². The number of carboxylic acid groups (broad SMARTS) is 2. The van der Waals surface area contributed by atoms with Gasteiger partial charge in [-0.05, 0) is 0 Å². The molecule has 0 saturated heterocycles. The molecule has 0 unspecified atom stereocenters. The van der Waals surface area contributed by atoms with Crippen LogP contribution in [0.2, 0.25) is 0 Å². The molecule has 0 radical (unpaired) electrons. The van der Waals surface area contributed by atoms with Crippen LogP contribution in [-0.4, -0.2) is 40.4 Å². The maximum absolute atomic E-state index is 8.89. The number of carboxylic acids is 2. The van der Waals surface area contributed by atoms with Crippen molar-refractivity contribution in [3.8, 4) is 0 Å². The second-order valence-corrected chi connectivity index (χ2v) is 1.67. The number of nitrogens with zero attached hydrogens (tertiary/aromatic N) is 1. The minimum atomic E-state index is -1.08. The van der Waals surface area contributed by atoms with Crippen molar-refractivity contribution in [1.82, 2.24) is 0 Å². The molecule has 3 N–H and O–H groups in total. The van der Waals surface area contributed by atoms with Crippen LogP contribution in [-0.2, 0) is 25.1 Å². The minimum absolute atomic E-state index is 0.0990. The van der Waals surface area contributed by atoms with Crippen LogP contribution in [0.5, 0.6) is 0 Å². The first-order valence-corrected chi connectivity index (χ1v) is 3.31. The summed E-state index contributed by atoms with van der Waals surface area (Å²) < 4.78 is 3.29. The Labute approximate surface area is 84.0 Å². The summed E-state index contributed by atoms with van der Waals surface area (Å²) in [4.78, 5) is 17.8. The first-order chi connectivity index (χ1) is 5.88. The molecule has 0 spiro atoms. The smallest absolute Gasteiger partial charge is 0.161 e. The van der Waals surface area contributed by atoms with Crippen LogP contribution < -0.4 is 0 Å². The first kappa shape index (κ1) is 17.9. The summed E-state index contributed by atoms with van der Waals surface area (Å²) >= 11 is 3.51. The molecular weight excluding hydrogens is 225 g/mol. The van der Waals surface area contributed by atoms with Crippen molar-refractivity contribution in [1.29, 1.82) is 0 Å². The third kappa shape index (κ3) is 978. The van der Waals surface area contributed by atoms with Gasteiger partial charge in [-0.25, -0.2) is 0 Å². The first-order valence-electron chi connectivity index (χ1n) is 2.84. The monoisotopic (exact) mass is 236 g/mol. The van der Waals surface area contributed by atoms with Crippen LogP contribution in [0, 0.1) is 13.8 Å². The van der Waals surface area contributed by atoms with E-state index in [1.165, 1.54) is 0 Å². The molecule has 0 rings (SSSR count). The molecule has 0 heterocycles. The summed E-state index contributed by atoms with van der Waals surface area (Å²) in [6.07, 6.45) is 0. The molecule has 0 aliphatic carbocycles. The van der Waals surface area contributed by atoms with E-state index in [0.29, 0.717) is 6.54 Å². The van der Waals surface area contributed by atoms with Crippen molar-refractivity contribution in [2.45, 2.75) is 0 Å². The van der Waals surface area contributed by atoms with Gasteiger partial charge in [0.05, 0.1) is 0 Å². The molecule has 0 amide bonds. The third-order valence-corrected chi connectivity index (χ3v) is 0.407. The molecule has 0 aromatic heterocycles. The van der Waals surface area contributed by atoms with E-state index in [2.05, 4.69) is 33.4 Å². The topological polar surface area (TPSA) is 107 Å². The SMILES string of the molecule is OCC[N]=[Co].[CH2-]C(=O)O.[CH2-]C(=O)O. The number of rotatable bonds is 2. The van der Waals surface area contributed by atoms with Crippen LogP contribution in [0.1, 0.15) is 0 Å². The quantitative estimate of drug-likeness (QED) is 0.561. The summed E-state index contributed by atoms with van der Waals surface area (Å²) in [6, 6.07) is 0. The number of carbonyl (C=O) groups is 2.